The van der Waals surface area contributed by atoms with Crippen LogP contribution in [0.2, 0.25) is 0 Å². The molecule has 0 aliphatic rings. The van der Waals surface area contributed by atoms with Crippen molar-refractivity contribution in [1.29, 1.82) is 0 Å². The molecule has 1 heterocycles. The van der Waals surface area contributed by atoms with Gasteiger partial charge < -0.3 is 4.42 Å². The number of hydrogen-bond acceptors (Lipinski definition) is 1. The van der Waals surface area contributed by atoms with Gasteiger partial charge in [0.15, 0.2) is 0 Å². The standard InChI is InChI=1S/C42H26O/c1-2-12-27(13-3-1)30-15-6-7-17-32(30)41-35-20-10-8-18-33(35)40(34-19-9-11-21-36(34)41)29-23-24-38-37(26-29)42-31-16-5-4-14-28(31)22-25-39(42)43-38/h1-26H/i4D,5D,14D,16D,22D,25D. The summed E-state index contributed by atoms with van der Waals surface area (Å²) in [5.41, 5.74) is 7.12. The largest absolute Gasteiger partial charge is 0.456 e. The Balaban J connectivity index is 1.40. The zero-order valence-corrected chi connectivity index (χ0v) is 23.0. The third-order valence-electron chi connectivity index (χ3n) is 8.43. The van der Waals surface area contributed by atoms with Gasteiger partial charge in [-0.25, -0.2) is 0 Å². The molecule has 1 heteroatoms. The first kappa shape index (κ1) is 18.7. The topological polar surface area (TPSA) is 13.1 Å². The molecule has 0 amide bonds. The lowest BCUT2D eigenvalue weighted by molar-refractivity contribution is 0.669. The van der Waals surface area contributed by atoms with E-state index in [0.29, 0.717) is 16.4 Å². The third kappa shape index (κ3) is 3.65. The predicted octanol–water partition coefficient (Wildman–Crippen LogP) is 12.0. The van der Waals surface area contributed by atoms with Gasteiger partial charge in [0.1, 0.15) is 11.2 Å². The molecule has 0 spiro atoms. The SMILES string of the molecule is [2H]c1c([2H])c([2H])c2c(c1[2H])c([2H])c([2H])c1oc3ccc(-c4c5ccccc5c(-c5ccccc5-c5ccccc5)c5ccccc45)cc3c12. The van der Waals surface area contributed by atoms with Crippen molar-refractivity contribution < 1.29 is 12.6 Å². The van der Waals surface area contributed by atoms with Gasteiger partial charge in [-0.15, -0.1) is 0 Å². The van der Waals surface area contributed by atoms with Gasteiger partial charge in [-0.3, -0.25) is 0 Å². The Kier molecular flexibility index (Phi) is 4.11. The van der Waals surface area contributed by atoms with Crippen molar-refractivity contribution in [2.24, 2.45) is 0 Å². The lowest BCUT2D eigenvalue weighted by Gasteiger charge is -2.19. The first-order valence-corrected chi connectivity index (χ1v) is 14.3. The molecule has 9 rings (SSSR count). The molecule has 0 aliphatic carbocycles. The Bertz CT molecular complexity index is 2780. The highest BCUT2D eigenvalue weighted by atomic mass is 16.3. The van der Waals surface area contributed by atoms with E-state index in [1.165, 1.54) is 0 Å². The highest BCUT2D eigenvalue weighted by molar-refractivity contribution is 6.24. The Morgan fingerprint density at radius 3 is 1.79 bits per heavy atom. The van der Waals surface area contributed by atoms with Crippen molar-refractivity contribution in [3.63, 3.8) is 0 Å². The Hall–Kier alpha value is -5.66. The van der Waals surface area contributed by atoms with Crippen LogP contribution < -0.4 is 0 Å². The zero-order chi connectivity index (χ0) is 33.6. The van der Waals surface area contributed by atoms with Crippen LogP contribution in [0.3, 0.4) is 0 Å². The van der Waals surface area contributed by atoms with Crippen molar-refractivity contribution in [3.05, 3.63) is 158 Å². The molecule has 200 valence electrons. The molecule has 1 aromatic heterocycles. The van der Waals surface area contributed by atoms with Gasteiger partial charge >= 0.3 is 0 Å². The van der Waals surface area contributed by atoms with Crippen molar-refractivity contribution in [2.45, 2.75) is 0 Å². The second kappa shape index (κ2) is 9.44. The van der Waals surface area contributed by atoms with Crippen molar-refractivity contribution in [2.75, 3.05) is 0 Å². The van der Waals surface area contributed by atoms with E-state index in [1.807, 2.05) is 36.4 Å². The Labute approximate surface area is 257 Å². The van der Waals surface area contributed by atoms with Crippen molar-refractivity contribution in [3.8, 4) is 33.4 Å². The van der Waals surface area contributed by atoms with E-state index in [9.17, 15) is 0 Å². The molecule has 0 bridgehead atoms. The van der Waals surface area contributed by atoms with Crippen LogP contribution in [0.4, 0.5) is 0 Å². The zero-order valence-electron chi connectivity index (χ0n) is 29.0. The highest BCUT2D eigenvalue weighted by Crippen LogP contribution is 2.47. The molecule has 0 N–H and O–H groups in total. The normalized spacial score (nSPS) is 13.7. The maximum absolute atomic E-state index is 8.83. The fourth-order valence-electron chi connectivity index (χ4n) is 6.60. The van der Waals surface area contributed by atoms with Crippen molar-refractivity contribution >= 4 is 54.3 Å². The van der Waals surface area contributed by atoms with E-state index in [4.69, 9.17) is 12.6 Å². The molecule has 0 atom stereocenters. The summed E-state index contributed by atoms with van der Waals surface area (Å²) in [5, 5.41) is 5.59. The van der Waals surface area contributed by atoms with Gasteiger partial charge in [0.2, 0.25) is 0 Å². The second-order valence-corrected chi connectivity index (χ2v) is 10.8. The number of furan rings is 1. The quantitative estimate of drug-likeness (QED) is 0.199. The molecule has 0 radical (unpaired) electrons. The molecular weight excluding hydrogens is 520 g/mol. The number of fused-ring (bicyclic) bond motifs is 7. The minimum Gasteiger partial charge on any atom is -0.456 e. The number of rotatable bonds is 3. The molecule has 43 heavy (non-hydrogen) atoms. The van der Waals surface area contributed by atoms with Crippen LogP contribution >= 0.6 is 0 Å². The van der Waals surface area contributed by atoms with E-state index in [2.05, 4.69) is 84.9 Å². The van der Waals surface area contributed by atoms with Gasteiger partial charge in [-0.05, 0) is 83.9 Å². The van der Waals surface area contributed by atoms with E-state index in [1.54, 1.807) is 0 Å². The molecule has 0 aliphatic heterocycles. The molecular formula is C42H26O. The summed E-state index contributed by atoms with van der Waals surface area (Å²) >= 11 is 0. The molecule has 0 saturated heterocycles. The molecule has 9 aromatic rings. The fourth-order valence-corrected chi connectivity index (χ4v) is 6.60. The van der Waals surface area contributed by atoms with Crippen LogP contribution in [0.1, 0.15) is 8.22 Å². The molecule has 1 nitrogen and oxygen atoms in total. The highest BCUT2D eigenvalue weighted by Gasteiger charge is 2.20. The fraction of sp³-hybridized carbons (Fsp3) is 0. The van der Waals surface area contributed by atoms with Gasteiger partial charge in [0, 0.05) is 10.8 Å². The van der Waals surface area contributed by atoms with E-state index >= 15 is 0 Å². The van der Waals surface area contributed by atoms with Crippen LogP contribution in [0, 0.1) is 0 Å². The third-order valence-corrected chi connectivity index (χ3v) is 8.43. The predicted molar refractivity (Wildman–Crippen MR) is 183 cm³/mol. The summed E-state index contributed by atoms with van der Waals surface area (Å²) in [6.45, 7) is 0. The van der Waals surface area contributed by atoms with Gasteiger partial charge in [0.25, 0.3) is 0 Å². The van der Waals surface area contributed by atoms with E-state index < -0.39 is 6.04 Å². The maximum atomic E-state index is 8.83. The molecule has 0 unspecified atom stereocenters. The van der Waals surface area contributed by atoms with Gasteiger partial charge in [0.05, 0.1) is 8.22 Å². The average molecular weight is 553 g/mol. The van der Waals surface area contributed by atoms with Crippen molar-refractivity contribution in [1.82, 2.24) is 0 Å². The van der Waals surface area contributed by atoms with Crippen LogP contribution in [0.15, 0.2) is 162 Å². The molecule has 0 saturated carbocycles. The molecule has 8 aromatic carbocycles. The minimum atomic E-state index is -0.426. The van der Waals surface area contributed by atoms with Crippen LogP contribution in [0.25, 0.3) is 87.6 Å². The van der Waals surface area contributed by atoms with Crippen LogP contribution in [0.5, 0.6) is 0 Å². The lowest BCUT2D eigenvalue weighted by Crippen LogP contribution is -1.92. The summed E-state index contributed by atoms with van der Waals surface area (Å²) in [6, 6.07) is 39.8. The number of benzene rings is 8. The van der Waals surface area contributed by atoms with Crippen LogP contribution in [-0.4, -0.2) is 0 Å². The van der Waals surface area contributed by atoms with E-state index in [0.717, 1.165) is 54.9 Å². The van der Waals surface area contributed by atoms with Gasteiger partial charge in [-0.2, -0.15) is 0 Å². The summed E-state index contributed by atoms with van der Waals surface area (Å²) < 4.78 is 57.7. The summed E-state index contributed by atoms with van der Waals surface area (Å²) in [4.78, 5) is 0. The Morgan fingerprint density at radius 1 is 0.419 bits per heavy atom. The second-order valence-electron chi connectivity index (χ2n) is 10.8. The smallest absolute Gasteiger partial charge is 0.136 e. The lowest BCUT2D eigenvalue weighted by atomic mass is 9.83. The van der Waals surface area contributed by atoms with Crippen LogP contribution in [-0.2, 0) is 0 Å². The minimum absolute atomic E-state index is 0.0222. The summed E-state index contributed by atoms with van der Waals surface area (Å²) in [5.74, 6) is 0. The first-order chi connectivity index (χ1) is 23.8. The molecule has 0 fully saturated rings. The summed E-state index contributed by atoms with van der Waals surface area (Å²) in [6.07, 6.45) is 0. The number of hydrogen-bond donors (Lipinski definition) is 0. The first-order valence-electron chi connectivity index (χ1n) is 17.3. The average Bonchev–Trinajstić information content (AvgIpc) is 3.52. The van der Waals surface area contributed by atoms with Gasteiger partial charge in [-0.1, -0.05) is 139 Å². The Morgan fingerprint density at radius 2 is 1.05 bits per heavy atom. The monoisotopic (exact) mass is 552 g/mol. The summed E-state index contributed by atoms with van der Waals surface area (Å²) in [7, 11) is 0. The van der Waals surface area contributed by atoms with E-state index in [-0.39, 0.29) is 46.6 Å². The maximum Gasteiger partial charge on any atom is 0.136 e.